The van der Waals surface area contributed by atoms with E-state index in [0.717, 1.165) is 62.4 Å². The summed E-state index contributed by atoms with van der Waals surface area (Å²) in [6.45, 7) is 8.68. The minimum atomic E-state index is -0.241. The molecule has 11 nitrogen and oxygen atoms in total. The number of anilines is 2. The third-order valence-corrected chi connectivity index (χ3v) is 12.6. The van der Waals surface area contributed by atoms with Crippen molar-refractivity contribution in [1.29, 1.82) is 0 Å². The molecule has 1 N–H and O–H groups in total. The molecule has 3 saturated heterocycles. The lowest BCUT2D eigenvalue weighted by molar-refractivity contribution is -0.134. The molecule has 55 heavy (non-hydrogen) atoms. The fourth-order valence-corrected chi connectivity index (χ4v) is 9.27. The second-order valence-electron chi connectivity index (χ2n) is 15.8. The highest BCUT2D eigenvalue weighted by atomic mass is 16.5. The summed E-state index contributed by atoms with van der Waals surface area (Å²) in [6, 6.07) is 20.3. The van der Waals surface area contributed by atoms with Gasteiger partial charge in [-0.25, -0.2) is 0 Å². The SMILES string of the molecule is CCOc1cc(CN(C)C(=O)c2ccc(N3CCN(C4CCC5(CC4)CCN(c4ccc(C6CCC(=O)NC6=O)cc4)CC5)CC3)cc2C=O)ccc1OC. The van der Waals surface area contributed by atoms with Gasteiger partial charge in [0.05, 0.1) is 25.2 Å². The summed E-state index contributed by atoms with van der Waals surface area (Å²) in [4.78, 5) is 58.8. The smallest absolute Gasteiger partial charge is 0.254 e. The van der Waals surface area contributed by atoms with E-state index in [-0.39, 0.29) is 23.6 Å². The van der Waals surface area contributed by atoms with Gasteiger partial charge in [0.25, 0.3) is 5.91 Å². The molecule has 4 fully saturated rings. The highest BCUT2D eigenvalue weighted by molar-refractivity contribution is 6.02. The topological polar surface area (TPSA) is 112 Å². The number of piperidine rings is 2. The second-order valence-corrected chi connectivity index (χ2v) is 15.8. The number of rotatable bonds is 11. The first-order chi connectivity index (χ1) is 26.7. The summed E-state index contributed by atoms with van der Waals surface area (Å²) in [6.07, 6.45) is 9.23. The van der Waals surface area contributed by atoms with Crippen LogP contribution in [0, 0.1) is 5.41 Å². The van der Waals surface area contributed by atoms with Crippen molar-refractivity contribution >= 4 is 35.4 Å². The molecule has 3 heterocycles. The maximum absolute atomic E-state index is 13.5. The molecule has 0 radical (unpaired) electrons. The van der Waals surface area contributed by atoms with E-state index in [0.29, 0.717) is 60.1 Å². The number of nitrogens with zero attached hydrogens (tertiary/aromatic N) is 4. The van der Waals surface area contributed by atoms with Crippen LogP contribution in [0.4, 0.5) is 11.4 Å². The lowest BCUT2D eigenvalue weighted by Crippen LogP contribution is -2.52. The zero-order chi connectivity index (χ0) is 38.5. The molecule has 11 heteroatoms. The van der Waals surface area contributed by atoms with Crippen LogP contribution >= 0.6 is 0 Å². The molecule has 1 saturated carbocycles. The van der Waals surface area contributed by atoms with Gasteiger partial charge in [0.2, 0.25) is 11.8 Å². The quantitative estimate of drug-likeness (QED) is 0.185. The van der Waals surface area contributed by atoms with Gasteiger partial charge in [-0.05, 0) is 111 Å². The van der Waals surface area contributed by atoms with E-state index in [9.17, 15) is 19.2 Å². The van der Waals surface area contributed by atoms with Crippen LogP contribution < -0.4 is 24.6 Å². The van der Waals surface area contributed by atoms with Crippen molar-refractivity contribution in [3.05, 3.63) is 82.9 Å². The van der Waals surface area contributed by atoms with E-state index in [4.69, 9.17) is 9.47 Å². The van der Waals surface area contributed by atoms with E-state index in [1.165, 1.54) is 44.2 Å². The molecule has 3 aromatic carbocycles. The Kier molecular flexibility index (Phi) is 11.8. The van der Waals surface area contributed by atoms with Gasteiger partial charge >= 0.3 is 0 Å². The molecule has 292 valence electrons. The van der Waals surface area contributed by atoms with Crippen LogP contribution in [0.15, 0.2) is 60.7 Å². The van der Waals surface area contributed by atoms with Gasteiger partial charge in [-0.3, -0.25) is 29.4 Å². The van der Waals surface area contributed by atoms with Crippen molar-refractivity contribution < 1.29 is 28.7 Å². The van der Waals surface area contributed by atoms with Crippen molar-refractivity contribution in [3.63, 3.8) is 0 Å². The summed E-state index contributed by atoms with van der Waals surface area (Å²) in [5.74, 6) is 0.486. The van der Waals surface area contributed by atoms with Crippen molar-refractivity contribution in [2.45, 2.75) is 76.8 Å². The Hall–Kier alpha value is -4.90. The van der Waals surface area contributed by atoms with Crippen LogP contribution in [-0.4, -0.2) is 99.9 Å². The van der Waals surface area contributed by atoms with Crippen LogP contribution in [-0.2, 0) is 16.1 Å². The average Bonchev–Trinajstić information content (AvgIpc) is 3.21. The molecule has 3 amide bonds. The number of aldehydes is 1. The molecule has 1 spiro atoms. The largest absolute Gasteiger partial charge is 0.493 e. The molecular weight excluding hydrogens is 695 g/mol. The molecule has 0 aromatic heterocycles. The van der Waals surface area contributed by atoms with E-state index >= 15 is 0 Å². The predicted molar refractivity (Wildman–Crippen MR) is 213 cm³/mol. The third kappa shape index (κ3) is 8.52. The molecule has 1 aliphatic carbocycles. The summed E-state index contributed by atoms with van der Waals surface area (Å²) < 4.78 is 11.1. The number of methoxy groups -OCH3 is 1. The Morgan fingerprint density at radius 2 is 1.55 bits per heavy atom. The van der Waals surface area contributed by atoms with E-state index in [1.807, 2.05) is 37.3 Å². The number of piperazine rings is 1. The molecule has 0 bridgehead atoms. The fourth-order valence-electron chi connectivity index (χ4n) is 9.27. The normalized spacial score (nSPS) is 20.6. The number of carbonyl (C=O) groups is 4. The van der Waals surface area contributed by atoms with Crippen LogP contribution in [0.3, 0.4) is 0 Å². The first-order valence-electron chi connectivity index (χ1n) is 20.0. The minimum Gasteiger partial charge on any atom is -0.493 e. The lowest BCUT2D eigenvalue weighted by atomic mass is 9.66. The van der Waals surface area contributed by atoms with E-state index in [1.54, 1.807) is 25.1 Å². The number of ether oxygens (including phenoxy) is 2. The average molecular weight is 750 g/mol. The summed E-state index contributed by atoms with van der Waals surface area (Å²) in [7, 11) is 3.35. The van der Waals surface area contributed by atoms with Crippen molar-refractivity contribution in [2.75, 3.05) is 69.8 Å². The van der Waals surface area contributed by atoms with Crippen LogP contribution in [0.5, 0.6) is 11.5 Å². The monoisotopic (exact) mass is 749 g/mol. The Morgan fingerprint density at radius 3 is 2.20 bits per heavy atom. The number of hydrogen-bond donors (Lipinski definition) is 1. The molecular formula is C44H55N5O6. The van der Waals surface area contributed by atoms with E-state index < -0.39 is 0 Å². The molecule has 4 aliphatic rings. The number of nitrogens with one attached hydrogen (secondary N) is 1. The molecule has 1 unspecified atom stereocenters. The Balaban J connectivity index is 0.874. The highest BCUT2D eigenvalue weighted by Crippen LogP contribution is 2.46. The zero-order valence-electron chi connectivity index (χ0n) is 32.6. The second kappa shape index (κ2) is 16.9. The van der Waals surface area contributed by atoms with Gasteiger partial charge in [0.1, 0.15) is 0 Å². The first-order valence-corrected chi connectivity index (χ1v) is 20.0. The van der Waals surface area contributed by atoms with Crippen LogP contribution in [0.2, 0.25) is 0 Å². The Morgan fingerprint density at radius 1 is 0.855 bits per heavy atom. The van der Waals surface area contributed by atoms with Crippen molar-refractivity contribution in [1.82, 2.24) is 15.1 Å². The predicted octanol–water partition coefficient (Wildman–Crippen LogP) is 6.05. The Labute approximate surface area is 324 Å². The molecule has 1 atom stereocenters. The van der Waals surface area contributed by atoms with Crippen LogP contribution in [0.1, 0.15) is 96.1 Å². The summed E-state index contributed by atoms with van der Waals surface area (Å²) in [5.41, 5.74) is 5.34. The van der Waals surface area contributed by atoms with Gasteiger partial charge in [0, 0.05) is 82.3 Å². The standard InChI is InChI=1S/C44H55N5O6/c1-4-55-40-27-31(5-13-39(40)54-3)29-46(2)43(53)38-11-10-36(28-33(38)30-50)49-25-23-48(24-26-49)35-15-17-44(18-16-35)19-21-47(22-20-44)34-8-6-32(7-9-34)37-12-14-41(51)45-42(37)52/h5-11,13,27-28,30,35,37H,4,12,14-26,29H2,1-3H3,(H,45,51,52). The van der Waals surface area contributed by atoms with Crippen LogP contribution in [0.25, 0.3) is 0 Å². The maximum atomic E-state index is 13.5. The molecule has 3 aromatic rings. The van der Waals surface area contributed by atoms with Gasteiger partial charge in [-0.1, -0.05) is 18.2 Å². The maximum Gasteiger partial charge on any atom is 0.254 e. The van der Waals surface area contributed by atoms with Gasteiger partial charge in [-0.15, -0.1) is 0 Å². The highest BCUT2D eigenvalue weighted by Gasteiger charge is 2.40. The molecule has 3 aliphatic heterocycles. The first kappa shape index (κ1) is 38.4. The zero-order valence-corrected chi connectivity index (χ0v) is 32.6. The van der Waals surface area contributed by atoms with Gasteiger partial charge in [0.15, 0.2) is 17.8 Å². The number of hydrogen-bond acceptors (Lipinski definition) is 9. The van der Waals surface area contributed by atoms with Crippen molar-refractivity contribution in [2.24, 2.45) is 5.41 Å². The number of imide groups is 1. The number of amides is 3. The summed E-state index contributed by atoms with van der Waals surface area (Å²) in [5, 5.41) is 2.47. The van der Waals surface area contributed by atoms with Crippen molar-refractivity contribution in [3.8, 4) is 11.5 Å². The van der Waals surface area contributed by atoms with Gasteiger partial charge < -0.3 is 24.2 Å². The molecule has 7 rings (SSSR count). The third-order valence-electron chi connectivity index (χ3n) is 12.6. The fraction of sp³-hybridized carbons (Fsp3) is 0.500. The Bertz CT molecular complexity index is 1850. The summed E-state index contributed by atoms with van der Waals surface area (Å²) >= 11 is 0. The minimum absolute atomic E-state index is 0.177. The lowest BCUT2D eigenvalue weighted by Gasteiger charge is -2.49. The van der Waals surface area contributed by atoms with Gasteiger partial charge in [-0.2, -0.15) is 0 Å². The van der Waals surface area contributed by atoms with E-state index in [2.05, 4.69) is 44.3 Å². The number of benzene rings is 3. The number of carbonyl (C=O) groups excluding carboxylic acids is 4.